The highest BCUT2D eigenvalue weighted by Gasteiger charge is 2.47. The SMILES string of the molecule is CC/C=C/C=C/C=C\C=C/CCCCCC(=O)OC1C(OCC(NC(=O)C(O)CCCCCCCCCCCCCCCCCCCCCCCCCC)C(O)/C=C/CCCCCCCCCCCCC)OC(CO)C(O)C1O. The fourth-order valence-electron chi connectivity index (χ4n) is 10.3. The highest BCUT2D eigenvalue weighted by molar-refractivity contribution is 5.80. The quantitative estimate of drug-likeness (QED) is 0.0149. The smallest absolute Gasteiger partial charge is 0.306 e. The second-order valence-corrected chi connectivity index (χ2v) is 22.9. The number of carbonyl (C=O) groups excluding carboxylic acids is 2. The van der Waals surface area contributed by atoms with Crippen LogP contribution >= 0.6 is 0 Å². The molecule has 1 aliphatic heterocycles. The molecule has 1 rings (SSSR count). The van der Waals surface area contributed by atoms with Gasteiger partial charge in [-0.2, -0.15) is 0 Å². The Labute approximate surface area is 484 Å². The Kier molecular flexibility index (Phi) is 52.6. The molecule has 1 saturated heterocycles. The number of hydrogen-bond donors (Lipinski definition) is 6. The van der Waals surface area contributed by atoms with Crippen LogP contribution in [-0.4, -0.2) is 99.6 Å². The van der Waals surface area contributed by atoms with E-state index in [9.17, 15) is 35.1 Å². The van der Waals surface area contributed by atoms with Crippen LogP contribution in [0.5, 0.6) is 0 Å². The zero-order valence-corrected chi connectivity index (χ0v) is 51.0. The molecule has 1 aliphatic rings. The summed E-state index contributed by atoms with van der Waals surface area (Å²) < 4.78 is 17.6. The number of aliphatic hydroxyl groups excluding tert-OH is 5. The van der Waals surface area contributed by atoms with Crippen LogP contribution in [0.1, 0.15) is 297 Å². The van der Waals surface area contributed by atoms with Gasteiger partial charge in [-0.15, -0.1) is 0 Å². The summed E-state index contributed by atoms with van der Waals surface area (Å²) in [6, 6.07) is -1.03. The molecular formula is C68H123NO10. The lowest BCUT2D eigenvalue weighted by molar-refractivity contribution is -0.305. The third-order valence-corrected chi connectivity index (χ3v) is 15.5. The Morgan fingerprint density at radius 1 is 0.506 bits per heavy atom. The van der Waals surface area contributed by atoms with Crippen molar-refractivity contribution in [1.29, 1.82) is 0 Å². The number of allylic oxidation sites excluding steroid dienone is 9. The van der Waals surface area contributed by atoms with Gasteiger partial charge in [-0.25, -0.2) is 0 Å². The molecule has 0 aromatic carbocycles. The summed E-state index contributed by atoms with van der Waals surface area (Å²) >= 11 is 0. The van der Waals surface area contributed by atoms with E-state index in [0.717, 1.165) is 64.2 Å². The van der Waals surface area contributed by atoms with Gasteiger partial charge >= 0.3 is 5.97 Å². The van der Waals surface area contributed by atoms with E-state index in [2.05, 4.69) is 38.2 Å². The average molecular weight is 1110 g/mol. The third-order valence-electron chi connectivity index (χ3n) is 15.5. The minimum atomic E-state index is -1.63. The number of esters is 1. The average Bonchev–Trinajstić information content (AvgIpc) is 3.49. The van der Waals surface area contributed by atoms with Gasteiger partial charge < -0.3 is 45.1 Å². The lowest BCUT2D eigenvalue weighted by Gasteiger charge is -2.41. The summed E-state index contributed by atoms with van der Waals surface area (Å²) in [6.45, 7) is 5.65. The standard InChI is InChI=1S/C68H123NO10/c1-4-7-10-13-16-19-22-25-26-27-28-29-30-31-32-33-34-35-38-40-43-46-49-52-55-61(72)67(76)69-59(60(71)54-51-48-45-42-39-36-23-20-17-14-11-8-5-2)58-77-68-66(65(75)64(74)62(57-70)78-68)79-63(73)56-53-50-47-44-41-37-24-21-18-15-12-9-6-3/h9,12,15,18,21,24,37,41,51,54,59-62,64-66,68,70-72,74-75H,4-8,10-11,13-14,16-17,19-20,22-23,25-36,38-40,42-50,52-53,55-58H2,1-3H3,(H,69,76)/b12-9+,18-15+,24-21-,41-37-,54-51+. The van der Waals surface area contributed by atoms with Crippen LogP contribution < -0.4 is 5.32 Å². The van der Waals surface area contributed by atoms with E-state index in [-0.39, 0.29) is 13.0 Å². The summed E-state index contributed by atoms with van der Waals surface area (Å²) in [5.74, 6) is -1.23. The Morgan fingerprint density at radius 2 is 0.911 bits per heavy atom. The largest absolute Gasteiger partial charge is 0.454 e. The maximum Gasteiger partial charge on any atom is 0.306 e. The molecule has 1 amide bonds. The van der Waals surface area contributed by atoms with Crippen molar-refractivity contribution in [3.8, 4) is 0 Å². The van der Waals surface area contributed by atoms with Gasteiger partial charge in [0.2, 0.25) is 5.91 Å². The van der Waals surface area contributed by atoms with E-state index in [0.29, 0.717) is 19.3 Å². The van der Waals surface area contributed by atoms with Crippen molar-refractivity contribution in [2.24, 2.45) is 0 Å². The van der Waals surface area contributed by atoms with Gasteiger partial charge in [-0.1, -0.05) is 306 Å². The monoisotopic (exact) mass is 1110 g/mol. The molecule has 460 valence electrons. The normalized spacial score (nSPS) is 19.2. The molecule has 11 heteroatoms. The molecule has 79 heavy (non-hydrogen) atoms. The number of carbonyl (C=O) groups is 2. The number of aliphatic hydroxyl groups is 5. The van der Waals surface area contributed by atoms with Crippen molar-refractivity contribution >= 4 is 11.9 Å². The second-order valence-electron chi connectivity index (χ2n) is 22.9. The first-order valence-electron chi connectivity index (χ1n) is 33.1. The molecule has 0 aliphatic carbocycles. The molecule has 11 nitrogen and oxygen atoms in total. The van der Waals surface area contributed by atoms with E-state index in [1.807, 2.05) is 42.5 Å². The predicted octanol–water partition coefficient (Wildman–Crippen LogP) is 16.2. The molecule has 0 aromatic rings. The fourth-order valence-corrected chi connectivity index (χ4v) is 10.3. The van der Waals surface area contributed by atoms with Gasteiger partial charge in [-0.3, -0.25) is 9.59 Å². The molecule has 0 spiro atoms. The summed E-state index contributed by atoms with van der Waals surface area (Å²) in [7, 11) is 0. The first-order valence-corrected chi connectivity index (χ1v) is 33.1. The number of rotatable bonds is 56. The van der Waals surface area contributed by atoms with Crippen LogP contribution in [0.4, 0.5) is 0 Å². The first-order chi connectivity index (χ1) is 38.7. The molecule has 0 aromatic heterocycles. The maximum absolute atomic E-state index is 13.5. The highest BCUT2D eigenvalue weighted by Crippen LogP contribution is 2.26. The van der Waals surface area contributed by atoms with E-state index >= 15 is 0 Å². The van der Waals surface area contributed by atoms with Crippen molar-refractivity contribution in [2.45, 2.75) is 346 Å². The van der Waals surface area contributed by atoms with Crippen LogP contribution in [0.3, 0.4) is 0 Å². The predicted molar refractivity (Wildman–Crippen MR) is 329 cm³/mol. The Hall–Kier alpha value is -2.64. The van der Waals surface area contributed by atoms with Crippen LogP contribution in [0.15, 0.2) is 60.8 Å². The number of amides is 1. The zero-order chi connectivity index (χ0) is 57.5. The number of hydrogen-bond acceptors (Lipinski definition) is 10. The molecule has 8 atom stereocenters. The van der Waals surface area contributed by atoms with Crippen molar-refractivity contribution in [3.05, 3.63) is 60.8 Å². The molecule has 6 N–H and O–H groups in total. The maximum atomic E-state index is 13.5. The Morgan fingerprint density at radius 3 is 1.37 bits per heavy atom. The van der Waals surface area contributed by atoms with Gasteiger partial charge in [0.05, 0.1) is 25.4 Å². The molecule has 1 heterocycles. The van der Waals surface area contributed by atoms with Crippen molar-refractivity contribution in [3.63, 3.8) is 0 Å². The number of unbranched alkanes of at least 4 members (excludes halogenated alkanes) is 37. The summed E-state index contributed by atoms with van der Waals surface area (Å²) in [6.07, 6.45) is 60.0. The molecule has 0 radical (unpaired) electrons. The minimum Gasteiger partial charge on any atom is -0.454 e. The van der Waals surface area contributed by atoms with Gasteiger partial charge in [0.1, 0.15) is 24.4 Å². The van der Waals surface area contributed by atoms with E-state index < -0.39 is 67.4 Å². The molecule has 0 saturated carbocycles. The van der Waals surface area contributed by atoms with Crippen molar-refractivity contribution in [2.75, 3.05) is 13.2 Å². The van der Waals surface area contributed by atoms with Crippen LogP contribution in [0.2, 0.25) is 0 Å². The fraction of sp³-hybridized carbons (Fsp3) is 0.824. The van der Waals surface area contributed by atoms with E-state index in [4.69, 9.17) is 14.2 Å². The number of ether oxygens (including phenoxy) is 3. The summed E-state index contributed by atoms with van der Waals surface area (Å²) in [4.78, 5) is 26.5. The lowest BCUT2D eigenvalue weighted by Crippen LogP contribution is -2.61. The highest BCUT2D eigenvalue weighted by atomic mass is 16.7. The van der Waals surface area contributed by atoms with Crippen LogP contribution in [0, 0.1) is 0 Å². The summed E-state index contributed by atoms with van der Waals surface area (Å²) in [5, 5.41) is 57.0. The number of nitrogens with one attached hydrogen (secondary N) is 1. The van der Waals surface area contributed by atoms with Gasteiger partial charge in [0, 0.05) is 6.42 Å². The molecular weight excluding hydrogens is 991 g/mol. The van der Waals surface area contributed by atoms with Crippen molar-refractivity contribution in [1.82, 2.24) is 5.32 Å². The van der Waals surface area contributed by atoms with E-state index in [1.165, 1.54) is 186 Å². The van der Waals surface area contributed by atoms with Gasteiger partial charge in [-0.05, 0) is 44.9 Å². The minimum absolute atomic E-state index is 0.0774. The molecule has 0 bridgehead atoms. The van der Waals surface area contributed by atoms with Crippen molar-refractivity contribution < 1.29 is 49.3 Å². The van der Waals surface area contributed by atoms with E-state index in [1.54, 1.807) is 6.08 Å². The zero-order valence-electron chi connectivity index (χ0n) is 51.0. The van der Waals surface area contributed by atoms with Gasteiger partial charge in [0.25, 0.3) is 0 Å². The van der Waals surface area contributed by atoms with Gasteiger partial charge in [0.15, 0.2) is 12.4 Å². The lowest BCUT2D eigenvalue weighted by atomic mass is 9.99. The topological polar surface area (TPSA) is 175 Å². The molecule has 1 fully saturated rings. The Balaban J connectivity index is 2.61. The van der Waals surface area contributed by atoms with Crippen LogP contribution in [-0.2, 0) is 23.8 Å². The first kappa shape index (κ1) is 74.4. The van der Waals surface area contributed by atoms with Crippen LogP contribution in [0.25, 0.3) is 0 Å². The summed E-state index contributed by atoms with van der Waals surface area (Å²) in [5.41, 5.74) is 0. The Bertz CT molecular complexity index is 1510. The molecule has 8 unspecified atom stereocenters. The third kappa shape index (κ3) is 43.7. The second kappa shape index (κ2) is 55.9.